The van der Waals surface area contributed by atoms with Crippen LogP contribution >= 0.6 is 0 Å². The van der Waals surface area contributed by atoms with E-state index in [9.17, 15) is 4.79 Å². The zero-order valence-corrected chi connectivity index (χ0v) is 11.5. The number of aliphatic hydroxyl groups excluding tert-OH is 1. The van der Waals surface area contributed by atoms with Crippen LogP contribution in [-0.4, -0.2) is 53.9 Å². The quantitative estimate of drug-likeness (QED) is 0.649. The van der Waals surface area contributed by atoms with Gasteiger partial charge < -0.3 is 20.4 Å². The van der Waals surface area contributed by atoms with Gasteiger partial charge in [0.05, 0.1) is 12.2 Å². The van der Waals surface area contributed by atoms with Gasteiger partial charge >= 0.3 is 5.97 Å². The number of likely N-dealkylation sites (N-methyl/N-ethyl adjacent to an activating group) is 1. The maximum Gasteiger partial charge on any atom is 0.335 e. The molecule has 0 bridgehead atoms. The summed E-state index contributed by atoms with van der Waals surface area (Å²) in [6, 6.07) is 7.17. The van der Waals surface area contributed by atoms with Crippen LogP contribution in [0.15, 0.2) is 24.3 Å². The molecule has 0 radical (unpaired) electrons. The second kappa shape index (κ2) is 7.89. The molecule has 0 aliphatic carbocycles. The molecule has 0 saturated heterocycles. The monoisotopic (exact) mass is 266 g/mol. The molecule has 3 N–H and O–H groups in total. The molecule has 1 aromatic carbocycles. The SMILES string of the molecule is CC(CN(C)CCO)NCc1ccc(C(=O)O)cc1. The number of nitrogens with zero attached hydrogens (tertiary/aromatic N) is 1. The fraction of sp³-hybridized carbons (Fsp3) is 0.500. The first kappa shape index (κ1) is 15.6. The third-order valence-electron chi connectivity index (χ3n) is 2.92. The lowest BCUT2D eigenvalue weighted by Gasteiger charge is -2.21. The molecule has 1 atom stereocenters. The fourth-order valence-corrected chi connectivity index (χ4v) is 1.85. The maximum absolute atomic E-state index is 10.7. The van der Waals surface area contributed by atoms with Gasteiger partial charge in [-0.15, -0.1) is 0 Å². The van der Waals surface area contributed by atoms with Crippen LogP contribution in [0, 0.1) is 0 Å². The number of benzene rings is 1. The maximum atomic E-state index is 10.7. The first-order chi connectivity index (χ1) is 9.02. The van der Waals surface area contributed by atoms with Gasteiger partial charge in [0, 0.05) is 25.7 Å². The van der Waals surface area contributed by atoms with Crippen molar-refractivity contribution in [1.29, 1.82) is 0 Å². The number of aliphatic hydroxyl groups is 1. The minimum atomic E-state index is -0.904. The van der Waals surface area contributed by atoms with Crippen LogP contribution in [0.4, 0.5) is 0 Å². The molecule has 0 aliphatic rings. The van der Waals surface area contributed by atoms with Gasteiger partial charge in [0.2, 0.25) is 0 Å². The standard InChI is InChI=1S/C14H22N2O3/c1-11(10-16(2)7-8-17)15-9-12-3-5-13(6-4-12)14(18)19/h3-6,11,15,17H,7-10H2,1-2H3,(H,18,19). The average Bonchev–Trinajstić information content (AvgIpc) is 2.37. The molecule has 0 fully saturated rings. The molecule has 106 valence electrons. The highest BCUT2D eigenvalue weighted by Crippen LogP contribution is 2.04. The Morgan fingerprint density at radius 1 is 1.37 bits per heavy atom. The van der Waals surface area contributed by atoms with E-state index in [1.807, 2.05) is 19.2 Å². The van der Waals surface area contributed by atoms with Crippen LogP contribution in [0.1, 0.15) is 22.8 Å². The molecule has 19 heavy (non-hydrogen) atoms. The molecular formula is C14H22N2O3. The van der Waals surface area contributed by atoms with Crippen molar-refractivity contribution >= 4 is 5.97 Å². The largest absolute Gasteiger partial charge is 0.478 e. The molecule has 0 spiro atoms. The zero-order valence-electron chi connectivity index (χ0n) is 11.5. The van der Waals surface area contributed by atoms with Crippen LogP contribution in [0.2, 0.25) is 0 Å². The normalized spacial score (nSPS) is 12.6. The summed E-state index contributed by atoms with van der Waals surface area (Å²) in [6.07, 6.45) is 0. The summed E-state index contributed by atoms with van der Waals surface area (Å²) < 4.78 is 0. The van der Waals surface area contributed by atoms with E-state index in [2.05, 4.69) is 17.1 Å². The van der Waals surface area contributed by atoms with Crippen molar-refractivity contribution in [3.8, 4) is 0 Å². The minimum absolute atomic E-state index is 0.167. The van der Waals surface area contributed by atoms with Gasteiger partial charge in [0.15, 0.2) is 0 Å². The number of carbonyl (C=O) groups is 1. The zero-order chi connectivity index (χ0) is 14.3. The summed E-state index contributed by atoms with van der Waals surface area (Å²) >= 11 is 0. The van der Waals surface area contributed by atoms with Crippen molar-refractivity contribution in [2.75, 3.05) is 26.7 Å². The molecule has 0 saturated carbocycles. The van der Waals surface area contributed by atoms with Crippen LogP contribution in [0.5, 0.6) is 0 Å². The molecule has 0 heterocycles. The Morgan fingerprint density at radius 2 is 2.00 bits per heavy atom. The topological polar surface area (TPSA) is 72.8 Å². The Balaban J connectivity index is 2.37. The van der Waals surface area contributed by atoms with Crippen molar-refractivity contribution in [1.82, 2.24) is 10.2 Å². The summed E-state index contributed by atoms with van der Waals surface area (Å²) in [5.74, 6) is -0.904. The summed E-state index contributed by atoms with van der Waals surface area (Å²) in [6.45, 7) is 4.47. The Hall–Kier alpha value is -1.43. The Morgan fingerprint density at radius 3 is 2.53 bits per heavy atom. The van der Waals surface area contributed by atoms with E-state index >= 15 is 0 Å². The Labute approximate surface area is 113 Å². The number of carboxylic acids is 1. The highest BCUT2D eigenvalue weighted by Gasteiger charge is 2.06. The van der Waals surface area contributed by atoms with Gasteiger partial charge in [-0.1, -0.05) is 12.1 Å². The lowest BCUT2D eigenvalue weighted by Crippen LogP contribution is -2.38. The molecule has 0 amide bonds. The van der Waals surface area contributed by atoms with Crippen molar-refractivity contribution in [3.05, 3.63) is 35.4 Å². The van der Waals surface area contributed by atoms with E-state index in [0.717, 1.165) is 12.1 Å². The average molecular weight is 266 g/mol. The predicted octanol–water partition coefficient (Wildman–Crippen LogP) is 0.787. The second-order valence-electron chi connectivity index (χ2n) is 4.77. The highest BCUT2D eigenvalue weighted by molar-refractivity contribution is 5.87. The van der Waals surface area contributed by atoms with Gasteiger partial charge in [0.1, 0.15) is 0 Å². The first-order valence-corrected chi connectivity index (χ1v) is 6.38. The fourth-order valence-electron chi connectivity index (χ4n) is 1.85. The predicted molar refractivity (Wildman–Crippen MR) is 74.3 cm³/mol. The van der Waals surface area contributed by atoms with Crippen molar-refractivity contribution < 1.29 is 15.0 Å². The van der Waals surface area contributed by atoms with Gasteiger partial charge in [-0.05, 0) is 31.7 Å². The summed E-state index contributed by atoms with van der Waals surface area (Å²) in [5.41, 5.74) is 1.36. The van der Waals surface area contributed by atoms with Gasteiger partial charge in [-0.2, -0.15) is 0 Å². The van der Waals surface area contributed by atoms with E-state index in [1.54, 1.807) is 12.1 Å². The third-order valence-corrected chi connectivity index (χ3v) is 2.92. The number of nitrogens with one attached hydrogen (secondary N) is 1. The molecule has 1 rings (SSSR count). The minimum Gasteiger partial charge on any atom is -0.478 e. The number of aromatic carboxylic acids is 1. The van der Waals surface area contributed by atoms with E-state index in [-0.39, 0.29) is 6.61 Å². The third kappa shape index (κ3) is 5.83. The van der Waals surface area contributed by atoms with E-state index in [1.165, 1.54) is 0 Å². The lowest BCUT2D eigenvalue weighted by atomic mass is 10.1. The summed E-state index contributed by atoms with van der Waals surface area (Å²) in [4.78, 5) is 12.8. The molecule has 1 unspecified atom stereocenters. The first-order valence-electron chi connectivity index (χ1n) is 6.38. The summed E-state index contributed by atoms with van der Waals surface area (Å²) in [7, 11) is 1.97. The summed E-state index contributed by atoms with van der Waals surface area (Å²) in [5, 5.41) is 21.0. The van der Waals surface area contributed by atoms with Crippen molar-refractivity contribution in [2.24, 2.45) is 0 Å². The van der Waals surface area contributed by atoms with E-state index < -0.39 is 5.97 Å². The number of rotatable bonds is 8. The molecule has 1 aromatic rings. The van der Waals surface area contributed by atoms with E-state index in [0.29, 0.717) is 24.7 Å². The number of carboxylic acid groups (broad SMARTS) is 1. The van der Waals surface area contributed by atoms with Gasteiger partial charge in [0.25, 0.3) is 0 Å². The molecule has 5 nitrogen and oxygen atoms in total. The van der Waals surface area contributed by atoms with Crippen LogP contribution in [0.25, 0.3) is 0 Å². The Kier molecular flexibility index (Phi) is 6.49. The molecule has 0 aromatic heterocycles. The van der Waals surface area contributed by atoms with Crippen LogP contribution in [-0.2, 0) is 6.54 Å². The second-order valence-corrected chi connectivity index (χ2v) is 4.77. The van der Waals surface area contributed by atoms with Crippen LogP contribution < -0.4 is 5.32 Å². The lowest BCUT2D eigenvalue weighted by molar-refractivity contribution is 0.0697. The van der Waals surface area contributed by atoms with Gasteiger partial charge in [-0.25, -0.2) is 4.79 Å². The Bertz CT molecular complexity index is 392. The molecular weight excluding hydrogens is 244 g/mol. The number of hydrogen-bond donors (Lipinski definition) is 3. The highest BCUT2D eigenvalue weighted by atomic mass is 16.4. The van der Waals surface area contributed by atoms with Gasteiger partial charge in [-0.3, -0.25) is 0 Å². The molecule has 0 aliphatic heterocycles. The number of hydrogen-bond acceptors (Lipinski definition) is 4. The van der Waals surface area contributed by atoms with Crippen molar-refractivity contribution in [2.45, 2.75) is 19.5 Å². The smallest absolute Gasteiger partial charge is 0.335 e. The van der Waals surface area contributed by atoms with Crippen molar-refractivity contribution in [3.63, 3.8) is 0 Å². The molecule has 5 heteroatoms. The van der Waals surface area contributed by atoms with E-state index in [4.69, 9.17) is 10.2 Å². The van der Waals surface area contributed by atoms with Crippen LogP contribution in [0.3, 0.4) is 0 Å².